The lowest BCUT2D eigenvalue weighted by atomic mass is 10.2. The third-order valence-electron chi connectivity index (χ3n) is 2.00. The first-order valence-corrected chi connectivity index (χ1v) is 5.77. The second kappa shape index (κ2) is 5.96. The Hall–Kier alpha value is -0.940. The van der Waals surface area contributed by atoms with E-state index in [4.69, 9.17) is 27.3 Å². The van der Waals surface area contributed by atoms with Gasteiger partial charge in [0.05, 0.1) is 17.0 Å². The number of benzene rings is 1. The van der Waals surface area contributed by atoms with Crippen molar-refractivity contribution >= 4 is 33.4 Å². The molecule has 1 rings (SSSR count). The molecule has 16 heavy (non-hydrogen) atoms. The molecule has 6 heteroatoms. The second-order valence-electron chi connectivity index (χ2n) is 3.31. The number of nitrogens with zero attached hydrogens (tertiary/aromatic N) is 1. The van der Waals surface area contributed by atoms with Crippen molar-refractivity contribution in [3.05, 3.63) is 27.7 Å². The maximum Gasteiger partial charge on any atom is 0.145 e. The molecule has 0 heterocycles. The van der Waals surface area contributed by atoms with Crippen LogP contribution in [0.5, 0.6) is 5.75 Å². The molecule has 0 amide bonds. The Balaban J connectivity index is 2.61. The minimum absolute atomic E-state index is 0.144. The molecule has 1 aromatic carbocycles. The Kier molecular flexibility index (Phi) is 4.89. The van der Waals surface area contributed by atoms with Crippen LogP contribution in [-0.2, 0) is 0 Å². The first-order valence-electron chi connectivity index (χ1n) is 4.60. The van der Waals surface area contributed by atoms with Crippen molar-refractivity contribution in [1.82, 2.24) is 0 Å². The summed E-state index contributed by atoms with van der Waals surface area (Å²) in [7, 11) is 0. The van der Waals surface area contributed by atoms with E-state index in [1.165, 1.54) is 0 Å². The lowest BCUT2D eigenvalue weighted by Crippen LogP contribution is -2.26. The molecule has 1 unspecified atom stereocenters. The Morgan fingerprint density at radius 3 is 2.94 bits per heavy atom. The van der Waals surface area contributed by atoms with Crippen LogP contribution in [0, 0.1) is 5.92 Å². The number of amidine groups is 1. The summed E-state index contributed by atoms with van der Waals surface area (Å²) in [6.07, 6.45) is 0. The number of halogens is 2. The standard InChI is InChI=1S/C10H12BrClN2O2/c1-6(10(13)14-15)5-16-9-3-2-7(12)4-8(9)11/h2-4,6,15H,5H2,1H3,(H2,13,14). The molecule has 0 radical (unpaired) electrons. The fourth-order valence-electron chi connectivity index (χ4n) is 0.991. The summed E-state index contributed by atoms with van der Waals surface area (Å²) in [6.45, 7) is 2.13. The molecule has 0 saturated carbocycles. The summed E-state index contributed by atoms with van der Waals surface area (Å²) in [5, 5.41) is 12.0. The lowest BCUT2D eigenvalue weighted by molar-refractivity contribution is 0.278. The van der Waals surface area contributed by atoms with Gasteiger partial charge in [-0.25, -0.2) is 0 Å². The van der Waals surface area contributed by atoms with Crippen LogP contribution in [0.25, 0.3) is 0 Å². The van der Waals surface area contributed by atoms with Gasteiger partial charge >= 0.3 is 0 Å². The SMILES string of the molecule is CC(COc1ccc(Cl)cc1Br)/C(N)=N/O. The van der Waals surface area contributed by atoms with Crippen LogP contribution in [0.2, 0.25) is 5.02 Å². The average molecular weight is 308 g/mol. The molecule has 0 aliphatic carbocycles. The molecular formula is C10H12BrClN2O2. The van der Waals surface area contributed by atoms with E-state index in [0.29, 0.717) is 17.4 Å². The van der Waals surface area contributed by atoms with Crippen molar-refractivity contribution in [3.63, 3.8) is 0 Å². The van der Waals surface area contributed by atoms with Crippen LogP contribution in [0.1, 0.15) is 6.92 Å². The highest BCUT2D eigenvalue weighted by atomic mass is 79.9. The topological polar surface area (TPSA) is 67.8 Å². The quantitative estimate of drug-likeness (QED) is 0.389. The van der Waals surface area contributed by atoms with Gasteiger partial charge in [0.2, 0.25) is 0 Å². The van der Waals surface area contributed by atoms with Crippen LogP contribution < -0.4 is 10.5 Å². The van der Waals surface area contributed by atoms with Crippen molar-refractivity contribution in [2.24, 2.45) is 16.8 Å². The second-order valence-corrected chi connectivity index (χ2v) is 4.60. The van der Waals surface area contributed by atoms with Crippen LogP contribution >= 0.6 is 27.5 Å². The molecule has 0 aliphatic rings. The molecule has 0 spiro atoms. The van der Waals surface area contributed by atoms with Gasteiger partial charge in [-0.2, -0.15) is 0 Å². The number of oxime groups is 1. The molecule has 4 nitrogen and oxygen atoms in total. The van der Waals surface area contributed by atoms with E-state index in [0.717, 1.165) is 4.47 Å². The Labute approximate surface area is 107 Å². The van der Waals surface area contributed by atoms with Gasteiger partial charge in [0, 0.05) is 5.02 Å². The van der Waals surface area contributed by atoms with E-state index in [-0.39, 0.29) is 11.8 Å². The summed E-state index contributed by atoms with van der Waals surface area (Å²) < 4.78 is 6.27. The summed E-state index contributed by atoms with van der Waals surface area (Å²) in [4.78, 5) is 0. The van der Waals surface area contributed by atoms with Gasteiger partial charge < -0.3 is 15.7 Å². The Morgan fingerprint density at radius 1 is 1.69 bits per heavy atom. The highest BCUT2D eigenvalue weighted by molar-refractivity contribution is 9.10. The molecular weight excluding hydrogens is 295 g/mol. The average Bonchev–Trinajstić information content (AvgIpc) is 2.26. The summed E-state index contributed by atoms with van der Waals surface area (Å²) in [5.41, 5.74) is 5.43. The van der Waals surface area contributed by atoms with Crippen LogP contribution in [0.4, 0.5) is 0 Å². The Bertz CT molecular complexity index is 398. The van der Waals surface area contributed by atoms with E-state index in [1.807, 2.05) is 0 Å². The Morgan fingerprint density at radius 2 is 2.38 bits per heavy atom. The third-order valence-corrected chi connectivity index (χ3v) is 2.86. The van der Waals surface area contributed by atoms with E-state index in [2.05, 4.69) is 21.1 Å². The van der Waals surface area contributed by atoms with Crippen LogP contribution in [0.3, 0.4) is 0 Å². The van der Waals surface area contributed by atoms with E-state index in [9.17, 15) is 0 Å². The van der Waals surface area contributed by atoms with E-state index in [1.54, 1.807) is 25.1 Å². The first kappa shape index (κ1) is 13.1. The smallest absolute Gasteiger partial charge is 0.145 e. The molecule has 3 N–H and O–H groups in total. The van der Waals surface area contributed by atoms with Gasteiger partial charge in [0.1, 0.15) is 11.6 Å². The highest BCUT2D eigenvalue weighted by Crippen LogP contribution is 2.28. The van der Waals surface area contributed by atoms with Gasteiger partial charge in [0.15, 0.2) is 0 Å². The molecule has 1 atom stereocenters. The van der Waals surface area contributed by atoms with Crippen molar-refractivity contribution in [2.45, 2.75) is 6.92 Å². The summed E-state index contributed by atoms with van der Waals surface area (Å²) in [6, 6.07) is 5.23. The maximum atomic E-state index is 8.47. The summed E-state index contributed by atoms with van der Waals surface area (Å²) >= 11 is 9.13. The molecule has 0 saturated heterocycles. The van der Waals surface area contributed by atoms with Crippen molar-refractivity contribution in [2.75, 3.05) is 6.61 Å². The molecule has 0 aliphatic heterocycles. The van der Waals surface area contributed by atoms with Gasteiger partial charge in [-0.3, -0.25) is 0 Å². The fourth-order valence-corrected chi connectivity index (χ4v) is 1.79. The monoisotopic (exact) mass is 306 g/mol. The largest absolute Gasteiger partial charge is 0.492 e. The van der Waals surface area contributed by atoms with Gasteiger partial charge in [-0.05, 0) is 34.1 Å². The van der Waals surface area contributed by atoms with Gasteiger partial charge in [0.25, 0.3) is 0 Å². The van der Waals surface area contributed by atoms with Crippen molar-refractivity contribution < 1.29 is 9.94 Å². The zero-order valence-corrected chi connectivity index (χ0v) is 11.0. The highest BCUT2D eigenvalue weighted by Gasteiger charge is 2.09. The number of hydrogen-bond donors (Lipinski definition) is 2. The summed E-state index contributed by atoms with van der Waals surface area (Å²) in [5.74, 6) is 0.652. The van der Waals surface area contributed by atoms with E-state index >= 15 is 0 Å². The lowest BCUT2D eigenvalue weighted by Gasteiger charge is -2.12. The van der Waals surface area contributed by atoms with Crippen LogP contribution in [-0.4, -0.2) is 17.6 Å². The molecule has 0 bridgehead atoms. The van der Waals surface area contributed by atoms with Crippen LogP contribution in [0.15, 0.2) is 27.8 Å². The zero-order chi connectivity index (χ0) is 12.1. The first-order chi connectivity index (χ1) is 7.54. The molecule has 88 valence electrons. The van der Waals surface area contributed by atoms with Gasteiger partial charge in [-0.15, -0.1) is 0 Å². The molecule has 0 aromatic heterocycles. The third kappa shape index (κ3) is 3.57. The van der Waals surface area contributed by atoms with E-state index < -0.39 is 0 Å². The number of rotatable bonds is 4. The fraction of sp³-hybridized carbons (Fsp3) is 0.300. The minimum Gasteiger partial charge on any atom is -0.492 e. The normalized spacial score (nSPS) is 13.6. The maximum absolute atomic E-state index is 8.47. The minimum atomic E-state index is -0.160. The molecule has 1 aromatic rings. The van der Waals surface area contributed by atoms with Crippen molar-refractivity contribution in [3.8, 4) is 5.75 Å². The number of hydrogen-bond acceptors (Lipinski definition) is 3. The predicted molar refractivity (Wildman–Crippen MR) is 67.2 cm³/mol. The number of nitrogens with two attached hydrogens (primary N) is 1. The van der Waals surface area contributed by atoms with Crippen molar-refractivity contribution in [1.29, 1.82) is 0 Å². The predicted octanol–water partition coefficient (Wildman–Crippen LogP) is 2.86. The molecule has 0 fully saturated rings. The zero-order valence-electron chi connectivity index (χ0n) is 8.65. The van der Waals surface area contributed by atoms with Gasteiger partial charge in [-0.1, -0.05) is 23.7 Å². The number of ether oxygens (including phenoxy) is 1.